The van der Waals surface area contributed by atoms with Gasteiger partial charge in [-0.15, -0.1) is 0 Å². The first kappa shape index (κ1) is 15.7. The van der Waals surface area contributed by atoms with E-state index in [1.807, 2.05) is 30.3 Å². The highest BCUT2D eigenvalue weighted by molar-refractivity contribution is 7.89. The van der Waals surface area contributed by atoms with E-state index >= 15 is 0 Å². The third kappa shape index (κ3) is 3.91. The predicted octanol–water partition coefficient (Wildman–Crippen LogP) is 3.02. The molecule has 6 heteroatoms. The smallest absolute Gasteiger partial charge is 0.242 e. The van der Waals surface area contributed by atoms with Gasteiger partial charge >= 0.3 is 0 Å². The first-order valence-corrected chi connectivity index (χ1v) is 8.10. The first-order valence-electron chi connectivity index (χ1n) is 6.24. The minimum Gasteiger partial charge on any atom is -0.295 e. The van der Waals surface area contributed by atoms with Gasteiger partial charge in [0.25, 0.3) is 0 Å². The molecule has 0 unspecified atom stereocenters. The SMILES string of the molecule is CC(=O)c1ccc(Cl)c(S(=O)(=O)NCc2ccccc2)c1. The number of benzene rings is 2. The summed E-state index contributed by atoms with van der Waals surface area (Å²) in [6, 6.07) is 13.3. The van der Waals surface area contributed by atoms with E-state index in [1.54, 1.807) is 0 Å². The summed E-state index contributed by atoms with van der Waals surface area (Å²) in [5.74, 6) is -0.217. The molecule has 110 valence electrons. The monoisotopic (exact) mass is 323 g/mol. The van der Waals surface area contributed by atoms with Gasteiger partial charge in [0.15, 0.2) is 5.78 Å². The zero-order chi connectivity index (χ0) is 15.5. The molecule has 21 heavy (non-hydrogen) atoms. The van der Waals surface area contributed by atoms with Crippen LogP contribution < -0.4 is 4.72 Å². The van der Waals surface area contributed by atoms with Crippen LogP contribution in [-0.2, 0) is 16.6 Å². The van der Waals surface area contributed by atoms with Crippen LogP contribution in [0.1, 0.15) is 22.8 Å². The van der Waals surface area contributed by atoms with Crippen molar-refractivity contribution in [1.82, 2.24) is 4.72 Å². The highest BCUT2D eigenvalue weighted by Crippen LogP contribution is 2.23. The van der Waals surface area contributed by atoms with Crippen LogP contribution in [0.4, 0.5) is 0 Å². The fourth-order valence-electron chi connectivity index (χ4n) is 1.78. The Morgan fingerprint density at radius 2 is 1.81 bits per heavy atom. The van der Waals surface area contributed by atoms with Gasteiger partial charge in [-0.3, -0.25) is 4.79 Å². The summed E-state index contributed by atoms with van der Waals surface area (Å²) >= 11 is 5.94. The molecule has 0 atom stereocenters. The number of hydrogen-bond donors (Lipinski definition) is 1. The third-order valence-corrected chi connectivity index (χ3v) is 4.82. The average molecular weight is 324 g/mol. The Kier molecular flexibility index (Phi) is 4.77. The van der Waals surface area contributed by atoms with E-state index in [2.05, 4.69) is 4.72 Å². The van der Waals surface area contributed by atoms with Crippen LogP contribution in [0.2, 0.25) is 5.02 Å². The maximum absolute atomic E-state index is 12.3. The maximum Gasteiger partial charge on any atom is 0.242 e. The molecule has 0 amide bonds. The molecule has 0 spiro atoms. The molecule has 0 aliphatic carbocycles. The summed E-state index contributed by atoms with van der Waals surface area (Å²) in [4.78, 5) is 11.3. The second-order valence-corrected chi connectivity index (χ2v) is 6.65. The number of rotatable bonds is 5. The lowest BCUT2D eigenvalue weighted by Gasteiger charge is -2.09. The van der Waals surface area contributed by atoms with E-state index in [-0.39, 0.29) is 22.2 Å². The van der Waals surface area contributed by atoms with Crippen molar-refractivity contribution < 1.29 is 13.2 Å². The molecule has 2 aromatic carbocycles. The highest BCUT2D eigenvalue weighted by atomic mass is 35.5. The summed E-state index contributed by atoms with van der Waals surface area (Å²) < 4.78 is 27.1. The van der Waals surface area contributed by atoms with Gasteiger partial charge in [0, 0.05) is 12.1 Å². The number of Topliss-reactive ketones (excluding diaryl/α,β-unsaturated/α-hetero) is 1. The lowest BCUT2D eigenvalue weighted by atomic mass is 10.1. The van der Waals surface area contributed by atoms with Gasteiger partial charge in [-0.2, -0.15) is 0 Å². The summed E-state index contributed by atoms with van der Waals surface area (Å²) in [6.45, 7) is 1.53. The predicted molar refractivity (Wildman–Crippen MR) is 81.9 cm³/mol. The Morgan fingerprint density at radius 3 is 2.43 bits per heavy atom. The number of ketones is 1. The van der Waals surface area contributed by atoms with Gasteiger partial charge in [0.1, 0.15) is 4.90 Å². The fraction of sp³-hybridized carbons (Fsp3) is 0.133. The Labute approximate surface area is 128 Å². The van der Waals surface area contributed by atoms with E-state index < -0.39 is 10.0 Å². The second kappa shape index (κ2) is 6.39. The standard InChI is InChI=1S/C15H14ClNO3S/c1-11(18)13-7-8-14(16)15(9-13)21(19,20)17-10-12-5-3-2-4-6-12/h2-9,17H,10H2,1H3. The van der Waals surface area contributed by atoms with Crippen LogP contribution in [0.25, 0.3) is 0 Å². The van der Waals surface area contributed by atoms with Gasteiger partial charge < -0.3 is 0 Å². The Bertz CT molecular complexity index is 758. The number of hydrogen-bond acceptors (Lipinski definition) is 3. The van der Waals surface area contributed by atoms with Crippen molar-refractivity contribution >= 4 is 27.4 Å². The van der Waals surface area contributed by atoms with Gasteiger partial charge in [0.2, 0.25) is 10.0 Å². The van der Waals surface area contributed by atoms with E-state index in [0.717, 1.165) is 5.56 Å². The fourth-order valence-corrected chi connectivity index (χ4v) is 3.32. The van der Waals surface area contributed by atoms with Crippen LogP contribution in [0.3, 0.4) is 0 Å². The molecular weight excluding hydrogens is 310 g/mol. The molecule has 2 aromatic rings. The van der Waals surface area contributed by atoms with Crippen molar-refractivity contribution in [2.45, 2.75) is 18.4 Å². The minimum absolute atomic E-state index is 0.0839. The van der Waals surface area contributed by atoms with Gasteiger partial charge in [0.05, 0.1) is 5.02 Å². The normalized spacial score (nSPS) is 11.3. The van der Waals surface area contributed by atoms with E-state index in [4.69, 9.17) is 11.6 Å². The molecule has 4 nitrogen and oxygen atoms in total. The molecule has 0 heterocycles. The van der Waals surface area contributed by atoms with Crippen molar-refractivity contribution in [1.29, 1.82) is 0 Å². The Hall–Kier alpha value is -1.69. The molecule has 0 saturated heterocycles. The number of carbonyl (C=O) groups excluding carboxylic acids is 1. The van der Waals surface area contributed by atoms with Gasteiger partial charge in [-0.05, 0) is 30.7 Å². The molecule has 0 bridgehead atoms. The zero-order valence-corrected chi connectivity index (χ0v) is 12.9. The lowest BCUT2D eigenvalue weighted by molar-refractivity contribution is 0.101. The topological polar surface area (TPSA) is 63.2 Å². The third-order valence-electron chi connectivity index (χ3n) is 2.94. The molecule has 2 rings (SSSR count). The summed E-state index contributed by atoms with van der Waals surface area (Å²) in [5, 5.41) is 0.0839. The second-order valence-electron chi connectivity index (χ2n) is 4.51. The molecular formula is C15H14ClNO3S. The Balaban J connectivity index is 2.27. The highest BCUT2D eigenvalue weighted by Gasteiger charge is 2.19. The van der Waals surface area contributed by atoms with Gasteiger partial charge in [-0.1, -0.05) is 41.9 Å². The van der Waals surface area contributed by atoms with Crippen molar-refractivity contribution in [3.05, 3.63) is 64.7 Å². The molecule has 0 aliphatic heterocycles. The van der Waals surface area contributed by atoms with Crippen LogP contribution in [-0.4, -0.2) is 14.2 Å². The molecule has 0 saturated carbocycles. The number of nitrogens with one attached hydrogen (secondary N) is 1. The van der Waals surface area contributed by atoms with Crippen LogP contribution in [0.5, 0.6) is 0 Å². The van der Waals surface area contributed by atoms with E-state index in [9.17, 15) is 13.2 Å². The van der Waals surface area contributed by atoms with Crippen molar-refractivity contribution in [3.8, 4) is 0 Å². The minimum atomic E-state index is -3.78. The largest absolute Gasteiger partial charge is 0.295 e. The van der Waals surface area contributed by atoms with Crippen molar-refractivity contribution in [2.24, 2.45) is 0 Å². The van der Waals surface area contributed by atoms with Crippen LogP contribution in [0, 0.1) is 0 Å². The van der Waals surface area contributed by atoms with E-state index in [0.29, 0.717) is 5.56 Å². The average Bonchev–Trinajstić information content (AvgIpc) is 2.46. The zero-order valence-electron chi connectivity index (χ0n) is 11.3. The molecule has 0 radical (unpaired) electrons. The Morgan fingerprint density at radius 1 is 1.14 bits per heavy atom. The van der Waals surface area contributed by atoms with Crippen molar-refractivity contribution in [3.63, 3.8) is 0 Å². The number of halogens is 1. The quantitative estimate of drug-likeness (QED) is 0.860. The summed E-state index contributed by atoms with van der Waals surface area (Å²) in [7, 11) is -3.78. The van der Waals surface area contributed by atoms with Crippen LogP contribution >= 0.6 is 11.6 Å². The number of carbonyl (C=O) groups is 1. The molecule has 0 fully saturated rings. The lowest BCUT2D eigenvalue weighted by Crippen LogP contribution is -2.23. The first-order chi connectivity index (χ1) is 9.90. The summed E-state index contributed by atoms with van der Waals surface area (Å²) in [6.07, 6.45) is 0. The summed E-state index contributed by atoms with van der Waals surface area (Å²) in [5.41, 5.74) is 1.14. The number of sulfonamides is 1. The van der Waals surface area contributed by atoms with E-state index in [1.165, 1.54) is 25.1 Å². The van der Waals surface area contributed by atoms with Gasteiger partial charge in [-0.25, -0.2) is 13.1 Å². The molecule has 0 aromatic heterocycles. The van der Waals surface area contributed by atoms with Crippen LogP contribution in [0.15, 0.2) is 53.4 Å². The molecule has 1 N–H and O–H groups in total. The maximum atomic E-state index is 12.3. The molecule has 0 aliphatic rings. The van der Waals surface area contributed by atoms with Crippen molar-refractivity contribution in [2.75, 3.05) is 0 Å².